The highest BCUT2D eigenvalue weighted by molar-refractivity contribution is 7.09. The van der Waals surface area contributed by atoms with E-state index in [9.17, 15) is 9.59 Å². The fraction of sp³-hybridized carbons (Fsp3) is 0.667. The molecule has 1 aromatic rings. The highest BCUT2D eigenvalue weighted by Crippen LogP contribution is 2.19. The second kappa shape index (κ2) is 8.73. The third-order valence-corrected chi connectivity index (χ3v) is 4.36. The average molecular weight is 327 g/mol. The Kier molecular flexibility index (Phi) is 7.31. The Morgan fingerprint density at radius 3 is 2.64 bits per heavy atom. The molecule has 1 atom stereocenters. The van der Waals surface area contributed by atoms with Crippen LogP contribution < -0.4 is 5.32 Å². The summed E-state index contributed by atoms with van der Waals surface area (Å²) in [7, 11) is 3.01. The van der Waals surface area contributed by atoms with Crippen molar-refractivity contribution >= 4 is 23.3 Å². The van der Waals surface area contributed by atoms with Crippen LogP contribution >= 0.6 is 11.3 Å². The molecule has 7 heteroatoms. The molecular weight excluding hydrogens is 302 g/mol. The van der Waals surface area contributed by atoms with Gasteiger partial charge in [0.15, 0.2) is 0 Å². The fourth-order valence-electron chi connectivity index (χ4n) is 1.91. The van der Waals surface area contributed by atoms with Gasteiger partial charge in [0.25, 0.3) is 0 Å². The SMILES string of the molecule is CCC[C@H](NC(=O)N(C)Cc1csc(C(C)C)n1)C(=O)OC. The first kappa shape index (κ1) is 18.4. The van der Waals surface area contributed by atoms with Gasteiger partial charge in [0.05, 0.1) is 24.4 Å². The molecule has 1 rings (SSSR count). The molecule has 1 heterocycles. The molecule has 0 saturated carbocycles. The van der Waals surface area contributed by atoms with Crippen molar-refractivity contribution in [2.45, 2.75) is 52.1 Å². The Hall–Kier alpha value is -1.63. The molecule has 1 N–H and O–H groups in total. The van der Waals surface area contributed by atoms with Crippen molar-refractivity contribution in [1.82, 2.24) is 15.2 Å². The van der Waals surface area contributed by atoms with Gasteiger partial charge in [-0.15, -0.1) is 11.3 Å². The van der Waals surface area contributed by atoms with Gasteiger partial charge in [0.1, 0.15) is 6.04 Å². The zero-order chi connectivity index (χ0) is 16.7. The normalized spacial score (nSPS) is 12.1. The minimum atomic E-state index is -0.605. The molecule has 22 heavy (non-hydrogen) atoms. The van der Waals surface area contributed by atoms with Crippen molar-refractivity contribution in [2.75, 3.05) is 14.2 Å². The zero-order valence-electron chi connectivity index (χ0n) is 13.9. The predicted octanol–water partition coefficient (Wildman–Crippen LogP) is 2.75. The molecule has 0 saturated heterocycles. The van der Waals surface area contributed by atoms with E-state index in [4.69, 9.17) is 4.74 Å². The monoisotopic (exact) mass is 327 g/mol. The van der Waals surface area contributed by atoms with Crippen molar-refractivity contribution in [3.05, 3.63) is 16.1 Å². The molecule has 0 fully saturated rings. The van der Waals surface area contributed by atoms with Gasteiger partial charge in [-0.3, -0.25) is 0 Å². The lowest BCUT2D eigenvalue weighted by Crippen LogP contribution is -2.46. The van der Waals surface area contributed by atoms with Gasteiger partial charge in [0.2, 0.25) is 0 Å². The van der Waals surface area contributed by atoms with Crippen molar-refractivity contribution < 1.29 is 14.3 Å². The van der Waals surface area contributed by atoms with E-state index < -0.39 is 12.0 Å². The number of rotatable bonds is 7. The number of nitrogens with zero attached hydrogens (tertiary/aromatic N) is 2. The molecule has 0 spiro atoms. The smallest absolute Gasteiger partial charge is 0.328 e. The van der Waals surface area contributed by atoms with Crippen LogP contribution in [-0.2, 0) is 16.1 Å². The van der Waals surface area contributed by atoms with E-state index in [0.29, 0.717) is 18.9 Å². The van der Waals surface area contributed by atoms with Gasteiger partial charge in [-0.2, -0.15) is 0 Å². The van der Waals surface area contributed by atoms with Crippen LogP contribution in [0.1, 0.15) is 50.2 Å². The molecule has 0 aliphatic heterocycles. The number of carbonyl (C=O) groups excluding carboxylic acids is 2. The highest BCUT2D eigenvalue weighted by Gasteiger charge is 2.22. The standard InChI is InChI=1S/C15H25N3O3S/c1-6-7-12(14(19)21-5)17-15(20)18(4)8-11-9-22-13(16-11)10(2)3/h9-10,12H,6-8H2,1-5H3,(H,17,20)/t12-/m0/s1. The van der Waals surface area contributed by atoms with E-state index in [2.05, 4.69) is 24.1 Å². The van der Waals surface area contributed by atoms with E-state index in [0.717, 1.165) is 17.1 Å². The molecule has 0 aliphatic carbocycles. The minimum absolute atomic E-state index is 0.303. The molecule has 0 radical (unpaired) electrons. The lowest BCUT2D eigenvalue weighted by molar-refractivity contribution is -0.143. The summed E-state index contributed by atoms with van der Waals surface area (Å²) in [5.41, 5.74) is 0.858. The Bertz CT molecular complexity index is 502. The molecule has 124 valence electrons. The average Bonchev–Trinajstić information content (AvgIpc) is 2.94. The summed E-state index contributed by atoms with van der Waals surface area (Å²) in [5, 5.41) is 5.73. The number of hydrogen-bond acceptors (Lipinski definition) is 5. The van der Waals surface area contributed by atoms with Crippen molar-refractivity contribution in [2.24, 2.45) is 0 Å². The van der Waals surface area contributed by atoms with Crippen LogP contribution in [0.25, 0.3) is 0 Å². The van der Waals surface area contributed by atoms with Crippen LogP contribution in [0.4, 0.5) is 4.79 Å². The second-order valence-electron chi connectivity index (χ2n) is 5.50. The number of ether oxygens (including phenoxy) is 1. The van der Waals surface area contributed by atoms with Crippen molar-refractivity contribution in [3.8, 4) is 0 Å². The third kappa shape index (κ3) is 5.29. The van der Waals surface area contributed by atoms with E-state index in [-0.39, 0.29) is 6.03 Å². The van der Waals surface area contributed by atoms with Gasteiger partial charge in [-0.1, -0.05) is 27.2 Å². The summed E-state index contributed by atoms with van der Waals surface area (Å²) in [6.07, 6.45) is 1.34. The van der Waals surface area contributed by atoms with Crippen LogP contribution in [0, 0.1) is 0 Å². The van der Waals surface area contributed by atoms with E-state index in [1.165, 1.54) is 12.0 Å². The Balaban J connectivity index is 2.61. The van der Waals surface area contributed by atoms with Gasteiger partial charge >= 0.3 is 12.0 Å². The Labute approximate surface area is 135 Å². The number of nitrogens with one attached hydrogen (secondary N) is 1. The van der Waals surface area contributed by atoms with Gasteiger partial charge in [-0.25, -0.2) is 14.6 Å². The van der Waals surface area contributed by atoms with Gasteiger partial charge in [-0.05, 0) is 6.42 Å². The summed E-state index contributed by atoms with van der Waals surface area (Å²) in [6.45, 7) is 6.54. The number of methoxy groups -OCH3 is 1. The molecule has 0 bridgehead atoms. The third-order valence-electron chi connectivity index (χ3n) is 3.17. The van der Waals surface area contributed by atoms with Crippen molar-refractivity contribution in [3.63, 3.8) is 0 Å². The molecule has 6 nitrogen and oxygen atoms in total. The van der Waals surface area contributed by atoms with Gasteiger partial charge < -0.3 is 15.0 Å². The topological polar surface area (TPSA) is 71.5 Å². The Morgan fingerprint density at radius 2 is 2.14 bits per heavy atom. The van der Waals surface area contributed by atoms with Crippen LogP contribution in [0.15, 0.2) is 5.38 Å². The minimum Gasteiger partial charge on any atom is -0.467 e. The summed E-state index contributed by atoms with van der Waals surface area (Å²) in [6, 6.07) is -0.908. The van der Waals surface area contributed by atoms with Gasteiger partial charge in [0, 0.05) is 18.3 Å². The molecule has 2 amide bonds. The highest BCUT2D eigenvalue weighted by atomic mass is 32.1. The maximum Gasteiger partial charge on any atom is 0.328 e. The second-order valence-corrected chi connectivity index (χ2v) is 6.39. The first-order chi connectivity index (χ1) is 10.4. The quantitative estimate of drug-likeness (QED) is 0.782. The zero-order valence-corrected chi connectivity index (χ0v) is 14.7. The number of aromatic nitrogens is 1. The van der Waals surface area contributed by atoms with Crippen LogP contribution in [0.3, 0.4) is 0 Å². The molecular formula is C15H25N3O3S. The maximum atomic E-state index is 12.2. The van der Waals surface area contributed by atoms with E-state index in [1.807, 2.05) is 12.3 Å². The summed E-state index contributed by atoms with van der Waals surface area (Å²) in [4.78, 5) is 29.8. The van der Waals surface area contributed by atoms with E-state index >= 15 is 0 Å². The lowest BCUT2D eigenvalue weighted by Gasteiger charge is -2.21. The number of esters is 1. The number of carbonyl (C=O) groups is 2. The summed E-state index contributed by atoms with van der Waals surface area (Å²) < 4.78 is 4.71. The van der Waals surface area contributed by atoms with Crippen LogP contribution in [0.5, 0.6) is 0 Å². The summed E-state index contributed by atoms with van der Waals surface area (Å²) in [5.74, 6) is -0.0366. The summed E-state index contributed by atoms with van der Waals surface area (Å²) >= 11 is 1.60. The molecule has 1 aromatic heterocycles. The molecule has 0 aliphatic rings. The van der Waals surface area contributed by atoms with Crippen molar-refractivity contribution in [1.29, 1.82) is 0 Å². The molecule has 0 aromatic carbocycles. The number of thiazole rings is 1. The van der Waals surface area contributed by atoms with E-state index in [1.54, 1.807) is 18.4 Å². The first-order valence-electron chi connectivity index (χ1n) is 7.42. The number of amides is 2. The Morgan fingerprint density at radius 1 is 1.45 bits per heavy atom. The molecule has 0 unspecified atom stereocenters. The lowest BCUT2D eigenvalue weighted by atomic mass is 10.2. The fourth-order valence-corrected chi connectivity index (χ4v) is 2.74. The number of urea groups is 1. The van der Waals surface area contributed by atoms with Crippen LogP contribution in [0.2, 0.25) is 0 Å². The predicted molar refractivity (Wildman–Crippen MR) is 86.9 cm³/mol. The van der Waals surface area contributed by atoms with Crippen LogP contribution in [-0.4, -0.2) is 42.1 Å². The maximum absolute atomic E-state index is 12.2. The largest absolute Gasteiger partial charge is 0.467 e. The number of hydrogen-bond donors (Lipinski definition) is 1. The first-order valence-corrected chi connectivity index (χ1v) is 8.30.